The van der Waals surface area contributed by atoms with Gasteiger partial charge in [-0.05, 0) is 19.2 Å². The fourth-order valence-corrected chi connectivity index (χ4v) is 2.20. The minimum Gasteiger partial charge on any atom is -0.465 e. The van der Waals surface area contributed by atoms with Gasteiger partial charge in [-0.25, -0.2) is 9.18 Å². The summed E-state index contributed by atoms with van der Waals surface area (Å²) in [5.41, 5.74) is 0.710. The van der Waals surface area contributed by atoms with Gasteiger partial charge in [-0.2, -0.15) is 5.21 Å². The topological polar surface area (TPSA) is 84.0 Å². The molecular weight excluding hydrogens is 289 g/mol. The number of methoxy groups -OCH3 is 1. The van der Waals surface area contributed by atoms with Gasteiger partial charge in [-0.3, -0.25) is 0 Å². The molecule has 0 aliphatic carbocycles. The van der Waals surface area contributed by atoms with Gasteiger partial charge in [0.05, 0.1) is 12.7 Å². The SMILES string of the molecule is COC(=O)c1ccc(CN(C)CC(C)c2nn[nH]n2)c(F)c1. The predicted molar refractivity (Wildman–Crippen MR) is 76.7 cm³/mol. The van der Waals surface area contributed by atoms with Gasteiger partial charge in [0, 0.05) is 24.6 Å². The highest BCUT2D eigenvalue weighted by Gasteiger charge is 2.15. The molecule has 1 atom stereocenters. The van der Waals surface area contributed by atoms with Crippen LogP contribution < -0.4 is 0 Å². The average Bonchev–Trinajstić information content (AvgIpc) is 3.02. The van der Waals surface area contributed by atoms with E-state index >= 15 is 0 Å². The molecule has 1 aromatic heterocycles. The normalized spacial score (nSPS) is 12.4. The van der Waals surface area contributed by atoms with Gasteiger partial charge in [-0.1, -0.05) is 18.2 Å². The number of likely N-dealkylation sites (N-methyl/N-ethyl adjacent to an activating group) is 1. The third kappa shape index (κ3) is 3.85. The largest absolute Gasteiger partial charge is 0.465 e. The molecule has 1 aromatic carbocycles. The van der Waals surface area contributed by atoms with Crippen molar-refractivity contribution in [3.05, 3.63) is 41.0 Å². The van der Waals surface area contributed by atoms with Gasteiger partial charge in [0.1, 0.15) is 5.82 Å². The maximum atomic E-state index is 14.0. The smallest absolute Gasteiger partial charge is 0.337 e. The molecule has 0 amide bonds. The van der Waals surface area contributed by atoms with Crippen LogP contribution in [0.5, 0.6) is 0 Å². The fraction of sp³-hybridized carbons (Fsp3) is 0.429. The Labute approximate surface area is 127 Å². The van der Waals surface area contributed by atoms with Crippen LogP contribution in [0.1, 0.15) is 34.6 Å². The average molecular weight is 307 g/mol. The second-order valence-electron chi connectivity index (χ2n) is 5.17. The molecule has 1 heterocycles. The molecule has 0 radical (unpaired) electrons. The van der Waals surface area contributed by atoms with Crippen LogP contribution in [-0.2, 0) is 11.3 Å². The van der Waals surface area contributed by atoms with Gasteiger partial charge < -0.3 is 9.64 Å². The summed E-state index contributed by atoms with van der Waals surface area (Å²) in [5.74, 6) is -0.291. The Kier molecular flexibility index (Phi) is 5.16. The van der Waals surface area contributed by atoms with Crippen molar-refractivity contribution < 1.29 is 13.9 Å². The van der Waals surface area contributed by atoms with Crippen molar-refractivity contribution in [2.24, 2.45) is 0 Å². The zero-order valence-corrected chi connectivity index (χ0v) is 12.7. The quantitative estimate of drug-likeness (QED) is 0.811. The third-order valence-electron chi connectivity index (χ3n) is 3.30. The molecule has 0 saturated carbocycles. The van der Waals surface area contributed by atoms with Crippen LogP contribution in [0.3, 0.4) is 0 Å². The number of nitrogens with zero attached hydrogens (tertiary/aromatic N) is 4. The number of esters is 1. The highest BCUT2D eigenvalue weighted by molar-refractivity contribution is 5.89. The number of carbonyl (C=O) groups is 1. The molecule has 1 N–H and O–H groups in total. The summed E-state index contributed by atoms with van der Waals surface area (Å²) < 4.78 is 18.6. The summed E-state index contributed by atoms with van der Waals surface area (Å²) in [6, 6.07) is 4.34. The lowest BCUT2D eigenvalue weighted by Gasteiger charge is -2.20. The molecule has 2 rings (SSSR count). The van der Waals surface area contributed by atoms with Crippen molar-refractivity contribution in [2.75, 3.05) is 20.7 Å². The van der Waals surface area contributed by atoms with Crippen LogP contribution in [0, 0.1) is 5.82 Å². The van der Waals surface area contributed by atoms with Crippen LogP contribution >= 0.6 is 0 Å². The van der Waals surface area contributed by atoms with Crippen LogP contribution in [0.2, 0.25) is 0 Å². The number of halogens is 1. The Morgan fingerprint density at radius 3 is 2.86 bits per heavy atom. The Bertz CT molecular complexity index is 632. The first-order valence-corrected chi connectivity index (χ1v) is 6.80. The Morgan fingerprint density at radius 1 is 1.50 bits per heavy atom. The molecule has 0 aliphatic rings. The molecule has 118 valence electrons. The van der Waals surface area contributed by atoms with Crippen molar-refractivity contribution >= 4 is 5.97 Å². The van der Waals surface area contributed by atoms with Gasteiger partial charge in [0.25, 0.3) is 0 Å². The summed E-state index contributed by atoms with van der Waals surface area (Å²) in [7, 11) is 3.14. The van der Waals surface area contributed by atoms with E-state index in [1.807, 2.05) is 18.9 Å². The monoisotopic (exact) mass is 307 g/mol. The van der Waals surface area contributed by atoms with E-state index in [0.717, 1.165) is 0 Å². The maximum Gasteiger partial charge on any atom is 0.337 e. The van der Waals surface area contributed by atoms with E-state index in [1.54, 1.807) is 12.1 Å². The second kappa shape index (κ2) is 7.08. The molecule has 2 aromatic rings. The fourth-order valence-electron chi connectivity index (χ4n) is 2.20. The minimum atomic E-state index is -0.551. The van der Waals surface area contributed by atoms with E-state index < -0.39 is 11.8 Å². The summed E-state index contributed by atoms with van der Waals surface area (Å²) in [4.78, 5) is 13.3. The molecule has 0 aliphatic heterocycles. The first-order valence-electron chi connectivity index (χ1n) is 6.80. The Morgan fingerprint density at radius 2 is 2.27 bits per heavy atom. The Balaban J connectivity index is 1.99. The summed E-state index contributed by atoms with van der Waals surface area (Å²) in [6.45, 7) is 3.03. The van der Waals surface area contributed by atoms with Gasteiger partial charge in [0.2, 0.25) is 0 Å². The van der Waals surface area contributed by atoms with Crippen LogP contribution in [0.25, 0.3) is 0 Å². The van der Waals surface area contributed by atoms with E-state index in [9.17, 15) is 9.18 Å². The standard InChI is InChI=1S/C14H18FN5O2/c1-9(13-16-18-19-17-13)7-20(2)8-11-5-4-10(6-12(11)15)14(21)22-3/h4-6,9H,7-8H2,1-3H3,(H,16,17,18,19). The molecule has 7 nitrogen and oxygen atoms in total. The number of aromatic nitrogens is 4. The zero-order chi connectivity index (χ0) is 16.1. The van der Waals surface area contributed by atoms with Gasteiger partial charge in [0.15, 0.2) is 5.82 Å². The number of ether oxygens (including phenoxy) is 1. The highest BCUT2D eigenvalue weighted by Crippen LogP contribution is 2.16. The van der Waals surface area contributed by atoms with E-state index in [-0.39, 0.29) is 11.5 Å². The van der Waals surface area contributed by atoms with Crippen molar-refractivity contribution in [3.8, 4) is 0 Å². The van der Waals surface area contributed by atoms with Crippen molar-refractivity contribution in [2.45, 2.75) is 19.4 Å². The number of aromatic amines is 1. The first-order chi connectivity index (χ1) is 10.5. The highest BCUT2D eigenvalue weighted by atomic mass is 19.1. The lowest BCUT2D eigenvalue weighted by molar-refractivity contribution is 0.0600. The lowest BCUT2D eigenvalue weighted by Crippen LogP contribution is -2.24. The number of hydrogen-bond acceptors (Lipinski definition) is 6. The molecule has 8 heteroatoms. The molecule has 0 spiro atoms. The van der Waals surface area contributed by atoms with Crippen molar-refractivity contribution in [1.29, 1.82) is 0 Å². The van der Waals surface area contributed by atoms with Crippen LogP contribution in [0.15, 0.2) is 18.2 Å². The Hall–Kier alpha value is -2.35. The molecule has 0 saturated heterocycles. The molecule has 22 heavy (non-hydrogen) atoms. The van der Waals surface area contributed by atoms with Gasteiger partial charge in [-0.15, -0.1) is 10.2 Å². The van der Waals surface area contributed by atoms with E-state index in [2.05, 4.69) is 25.4 Å². The van der Waals surface area contributed by atoms with E-state index in [0.29, 0.717) is 24.5 Å². The zero-order valence-electron chi connectivity index (χ0n) is 12.7. The number of H-pyrrole nitrogens is 1. The number of benzene rings is 1. The number of tetrazole rings is 1. The van der Waals surface area contributed by atoms with E-state index in [4.69, 9.17) is 0 Å². The van der Waals surface area contributed by atoms with Crippen LogP contribution in [0.4, 0.5) is 4.39 Å². The van der Waals surface area contributed by atoms with E-state index in [1.165, 1.54) is 13.2 Å². The lowest BCUT2D eigenvalue weighted by atomic mass is 10.1. The molecule has 0 fully saturated rings. The number of nitrogens with one attached hydrogen (secondary N) is 1. The van der Waals surface area contributed by atoms with Crippen LogP contribution in [-0.4, -0.2) is 52.2 Å². The maximum absolute atomic E-state index is 14.0. The molecule has 0 bridgehead atoms. The molecular formula is C14H18FN5O2. The number of rotatable bonds is 6. The number of carbonyl (C=O) groups excluding carboxylic acids is 1. The summed E-state index contributed by atoms with van der Waals surface area (Å²) >= 11 is 0. The first kappa shape index (κ1) is 16.0. The second-order valence-corrected chi connectivity index (χ2v) is 5.17. The molecule has 1 unspecified atom stereocenters. The van der Waals surface area contributed by atoms with Crippen molar-refractivity contribution in [3.63, 3.8) is 0 Å². The third-order valence-corrected chi connectivity index (χ3v) is 3.30. The summed E-state index contributed by atoms with van der Waals surface area (Å²) in [6.07, 6.45) is 0. The van der Waals surface area contributed by atoms with Crippen molar-refractivity contribution in [1.82, 2.24) is 25.5 Å². The number of hydrogen-bond donors (Lipinski definition) is 1. The summed E-state index contributed by atoms with van der Waals surface area (Å²) in [5, 5.41) is 13.8. The minimum absolute atomic E-state index is 0.0705. The predicted octanol–water partition coefficient (Wildman–Crippen LogP) is 1.36. The van der Waals surface area contributed by atoms with Gasteiger partial charge >= 0.3 is 5.97 Å².